The number of nitrogens with one attached hydrogen (secondary N) is 1. The number of piperidine rings is 1. The number of aliphatic hydroxyl groups excluding tert-OH is 1. The van der Waals surface area contributed by atoms with E-state index < -0.39 is 17.2 Å². The molecule has 0 saturated carbocycles. The molecule has 0 unspecified atom stereocenters. The smallest absolute Gasteiger partial charge is 0.250 e. The van der Waals surface area contributed by atoms with Crippen LogP contribution in [0.4, 0.5) is 0 Å². The number of amides is 2. The number of pyridine rings is 1. The summed E-state index contributed by atoms with van der Waals surface area (Å²) in [4.78, 5) is 38.0. The molecule has 0 bridgehead atoms. The highest BCUT2D eigenvalue weighted by atomic mass is 16.5. The lowest BCUT2D eigenvalue weighted by atomic mass is 9.74. The molecule has 2 amide bonds. The molecule has 1 aromatic rings. The summed E-state index contributed by atoms with van der Waals surface area (Å²) in [7, 11) is 0. The number of likely N-dealkylation sites (tertiary alicyclic amines) is 1. The Balaban J connectivity index is 1.62. The maximum absolute atomic E-state index is 12.6. The molecule has 0 aromatic carbocycles. The first kappa shape index (κ1) is 20.5. The highest BCUT2D eigenvalue weighted by Crippen LogP contribution is 2.39. The maximum Gasteiger partial charge on any atom is 0.250 e. The third-order valence-electron chi connectivity index (χ3n) is 5.95. The van der Waals surface area contributed by atoms with E-state index in [4.69, 9.17) is 4.74 Å². The summed E-state index contributed by atoms with van der Waals surface area (Å²) in [6, 6.07) is 4.81. The van der Waals surface area contributed by atoms with Crippen LogP contribution < -0.4 is 10.9 Å². The van der Waals surface area contributed by atoms with Gasteiger partial charge >= 0.3 is 0 Å². The van der Waals surface area contributed by atoms with Crippen LogP contribution in [0.5, 0.6) is 0 Å². The number of aliphatic hydroxyl groups is 1. The molecule has 0 aliphatic carbocycles. The maximum atomic E-state index is 12.6. The quantitative estimate of drug-likeness (QED) is 0.768. The molecule has 3 rings (SSSR count). The van der Waals surface area contributed by atoms with Crippen LogP contribution in [0.3, 0.4) is 0 Å². The van der Waals surface area contributed by atoms with Gasteiger partial charge in [0, 0.05) is 38.2 Å². The van der Waals surface area contributed by atoms with Crippen molar-refractivity contribution in [2.45, 2.75) is 63.3 Å². The van der Waals surface area contributed by atoms with Crippen LogP contribution in [0.15, 0.2) is 29.2 Å². The minimum atomic E-state index is -0.766. The van der Waals surface area contributed by atoms with Crippen molar-refractivity contribution in [3.8, 4) is 0 Å². The van der Waals surface area contributed by atoms with Gasteiger partial charge in [0.2, 0.25) is 11.8 Å². The van der Waals surface area contributed by atoms with E-state index in [0.717, 1.165) is 0 Å². The van der Waals surface area contributed by atoms with Gasteiger partial charge in [-0.25, -0.2) is 0 Å². The number of rotatable bonds is 4. The summed E-state index contributed by atoms with van der Waals surface area (Å²) in [5.41, 5.74) is -1.40. The van der Waals surface area contributed by atoms with Gasteiger partial charge in [0.25, 0.3) is 5.56 Å². The van der Waals surface area contributed by atoms with Gasteiger partial charge in [-0.15, -0.1) is 0 Å². The molecular weight excluding hydrogens is 362 g/mol. The average Bonchev–Trinajstić information content (AvgIpc) is 2.67. The molecule has 2 aliphatic rings. The number of carbonyl (C=O) groups is 2. The van der Waals surface area contributed by atoms with Crippen LogP contribution in [0, 0.1) is 0 Å². The fourth-order valence-corrected chi connectivity index (χ4v) is 4.13. The number of hydrogen-bond donors (Lipinski definition) is 2. The van der Waals surface area contributed by atoms with Gasteiger partial charge in [-0.1, -0.05) is 13.0 Å². The molecule has 2 atom stereocenters. The third kappa shape index (κ3) is 4.28. The van der Waals surface area contributed by atoms with Gasteiger partial charge in [0.05, 0.1) is 17.7 Å². The third-order valence-corrected chi connectivity index (χ3v) is 5.95. The predicted molar refractivity (Wildman–Crippen MR) is 103 cm³/mol. The molecule has 8 heteroatoms. The van der Waals surface area contributed by atoms with E-state index in [9.17, 15) is 19.5 Å². The second-order valence-corrected chi connectivity index (χ2v) is 8.05. The van der Waals surface area contributed by atoms with Crippen LogP contribution in [0.1, 0.15) is 39.5 Å². The Hall–Kier alpha value is -2.19. The number of hydrogen-bond acceptors (Lipinski definition) is 5. The zero-order chi connectivity index (χ0) is 20.4. The normalized spacial score (nSPS) is 26.8. The second kappa shape index (κ2) is 8.05. The van der Waals surface area contributed by atoms with Crippen molar-refractivity contribution >= 4 is 11.8 Å². The van der Waals surface area contributed by atoms with Gasteiger partial charge < -0.3 is 24.6 Å². The Bertz CT molecular complexity index is 784. The van der Waals surface area contributed by atoms with Gasteiger partial charge in [-0.3, -0.25) is 14.4 Å². The zero-order valence-corrected chi connectivity index (χ0v) is 16.5. The zero-order valence-electron chi connectivity index (χ0n) is 16.5. The fraction of sp³-hybridized carbons (Fsp3) is 0.650. The summed E-state index contributed by atoms with van der Waals surface area (Å²) in [6.07, 6.45) is 2.97. The van der Waals surface area contributed by atoms with Crippen molar-refractivity contribution in [1.29, 1.82) is 0 Å². The Morgan fingerprint density at radius 2 is 2.04 bits per heavy atom. The van der Waals surface area contributed by atoms with Crippen molar-refractivity contribution in [2.24, 2.45) is 0 Å². The van der Waals surface area contributed by atoms with Crippen LogP contribution in [-0.2, 0) is 20.9 Å². The average molecular weight is 391 g/mol. The van der Waals surface area contributed by atoms with Crippen molar-refractivity contribution in [3.05, 3.63) is 34.7 Å². The SMILES string of the molecule is CCC(=O)N[C@]1(C)CC2(CCN(C(=O)Cn3ccccc3=O)CC2)OC[C@H]1O. The molecule has 1 aromatic heterocycles. The monoisotopic (exact) mass is 391 g/mol. The summed E-state index contributed by atoms with van der Waals surface area (Å²) in [5.74, 6) is -0.194. The number of nitrogens with zero attached hydrogens (tertiary/aromatic N) is 2. The largest absolute Gasteiger partial charge is 0.388 e. The Morgan fingerprint density at radius 1 is 1.32 bits per heavy atom. The number of carbonyl (C=O) groups excluding carboxylic acids is 2. The van der Waals surface area contributed by atoms with E-state index in [1.54, 1.807) is 30.2 Å². The standard InChI is InChI=1S/C20H29N3O5/c1-3-16(25)21-19(2)14-20(28-13-15(19)24)7-10-22(11-8-20)18(27)12-23-9-5-4-6-17(23)26/h4-6,9,15,24H,3,7-8,10-14H2,1-2H3,(H,21,25)/t15-,19-/m1/s1. The van der Waals surface area contributed by atoms with Gasteiger partial charge in [0.15, 0.2) is 0 Å². The Labute approximate surface area is 164 Å². The summed E-state index contributed by atoms with van der Waals surface area (Å²) >= 11 is 0. The molecule has 2 fully saturated rings. The van der Waals surface area contributed by atoms with E-state index in [2.05, 4.69) is 5.32 Å². The molecule has 2 saturated heterocycles. The highest BCUT2D eigenvalue weighted by molar-refractivity contribution is 5.77. The molecule has 1 spiro atoms. The molecule has 28 heavy (non-hydrogen) atoms. The first-order valence-corrected chi connectivity index (χ1v) is 9.83. The van der Waals surface area contributed by atoms with Gasteiger partial charge in [0.1, 0.15) is 12.6 Å². The van der Waals surface area contributed by atoms with E-state index in [-0.39, 0.29) is 30.5 Å². The van der Waals surface area contributed by atoms with Crippen LogP contribution >= 0.6 is 0 Å². The van der Waals surface area contributed by atoms with Crippen molar-refractivity contribution in [1.82, 2.24) is 14.8 Å². The first-order chi connectivity index (χ1) is 13.3. The summed E-state index contributed by atoms with van der Waals surface area (Å²) in [5, 5.41) is 13.3. The van der Waals surface area contributed by atoms with Crippen molar-refractivity contribution in [2.75, 3.05) is 19.7 Å². The van der Waals surface area contributed by atoms with Crippen molar-refractivity contribution < 1.29 is 19.4 Å². The molecule has 3 heterocycles. The summed E-state index contributed by atoms with van der Waals surface area (Å²) < 4.78 is 7.40. The minimum Gasteiger partial charge on any atom is -0.388 e. The van der Waals surface area contributed by atoms with Gasteiger partial charge in [-0.2, -0.15) is 0 Å². The molecule has 8 nitrogen and oxygen atoms in total. The topological polar surface area (TPSA) is 101 Å². The molecular formula is C20H29N3O5. The number of ether oxygens (including phenoxy) is 1. The van der Waals surface area contributed by atoms with E-state index in [0.29, 0.717) is 38.8 Å². The van der Waals surface area contributed by atoms with Crippen molar-refractivity contribution in [3.63, 3.8) is 0 Å². The summed E-state index contributed by atoms with van der Waals surface area (Å²) in [6.45, 7) is 4.87. The lowest BCUT2D eigenvalue weighted by molar-refractivity contribution is -0.183. The molecule has 0 radical (unpaired) electrons. The Morgan fingerprint density at radius 3 is 2.68 bits per heavy atom. The fourth-order valence-electron chi connectivity index (χ4n) is 4.13. The highest BCUT2D eigenvalue weighted by Gasteiger charge is 2.50. The minimum absolute atomic E-state index is 0.0243. The predicted octanol–water partition coefficient (Wildman–Crippen LogP) is 0.276. The molecule has 2 N–H and O–H groups in total. The first-order valence-electron chi connectivity index (χ1n) is 9.83. The molecule has 2 aliphatic heterocycles. The second-order valence-electron chi connectivity index (χ2n) is 8.05. The van der Waals surface area contributed by atoms with Crippen LogP contribution in [0.2, 0.25) is 0 Å². The molecule has 154 valence electrons. The lowest BCUT2D eigenvalue weighted by Crippen LogP contribution is -2.65. The van der Waals surface area contributed by atoms with Gasteiger partial charge in [-0.05, 0) is 25.8 Å². The van der Waals surface area contributed by atoms with E-state index in [1.807, 2.05) is 6.92 Å². The van der Waals surface area contributed by atoms with E-state index >= 15 is 0 Å². The lowest BCUT2D eigenvalue weighted by Gasteiger charge is -2.52. The number of aromatic nitrogens is 1. The van der Waals surface area contributed by atoms with Crippen LogP contribution in [-0.4, -0.2) is 63.3 Å². The Kier molecular flexibility index (Phi) is 5.90. The van der Waals surface area contributed by atoms with Crippen LogP contribution in [0.25, 0.3) is 0 Å². The van der Waals surface area contributed by atoms with E-state index in [1.165, 1.54) is 10.6 Å².